The van der Waals surface area contributed by atoms with Crippen LogP contribution in [0.2, 0.25) is 0 Å². The molecule has 0 amide bonds. The Bertz CT molecular complexity index is 991. The summed E-state index contributed by atoms with van der Waals surface area (Å²) >= 11 is 0. The zero-order valence-corrected chi connectivity index (χ0v) is 13.4. The normalized spacial score (nSPS) is 11.3. The van der Waals surface area contributed by atoms with Crippen LogP contribution in [0.4, 0.5) is 34.9 Å². The van der Waals surface area contributed by atoms with E-state index in [1.807, 2.05) is 0 Å². The molecule has 0 saturated heterocycles. The van der Waals surface area contributed by atoms with Gasteiger partial charge in [-0.1, -0.05) is 0 Å². The largest absolute Gasteiger partial charge is 0.416 e. The number of aromatic nitrogens is 2. The molecule has 3 rings (SSSR count). The maximum Gasteiger partial charge on any atom is 0.416 e. The van der Waals surface area contributed by atoms with Gasteiger partial charge in [0.05, 0.1) is 16.2 Å². The van der Waals surface area contributed by atoms with Gasteiger partial charge in [-0.2, -0.15) is 13.2 Å². The van der Waals surface area contributed by atoms with Crippen molar-refractivity contribution in [2.24, 2.45) is 0 Å². The number of hydrogen-bond donors (Lipinski definition) is 1. The summed E-state index contributed by atoms with van der Waals surface area (Å²) in [6.45, 7) is 0. The van der Waals surface area contributed by atoms with Crippen LogP contribution >= 0.6 is 0 Å². The Morgan fingerprint density at radius 1 is 1.04 bits per heavy atom. The Morgan fingerprint density at radius 3 is 2.37 bits per heavy atom. The van der Waals surface area contributed by atoms with E-state index in [9.17, 15) is 27.7 Å². The average molecular weight is 378 g/mol. The molecule has 0 aliphatic heterocycles. The SMILES string of the molecule is O=[N+]([O-])c1ccc(F)c(-c2ccnc(Nc3ccc(C(F)(F)F)cc3)n2)c1. The third-order valence-corrected chi connectivity index (χ3v) is 3.56. The molecule has 10 heteroatoms. The molecule has 27 heavy (non-hydrogen) atoms. The van der Waals surface area contributed by atoms with E-state index < -0.39 is 22.5 Å². The molecular weight excluding hydrogens is 368 g/mol. The van der Waals surface area contributed by atoms with Crippen LogP contribution in [0.1, 0.15) is 5.56 Å². The number of alkyl halides is 3. The van der Waals surface area contributed by atoms with E-state index >= 15 is 0 Å². The van der Waals surface area contributed by atoms with Gasteiger partial charge in [-0.05, 0) is 36.4 Å². The van der Waals surface area contributed by atoms with Gasteiger partial charge in [0.25, 0.3) is 5.69 Å². The number of anilines is 2. The molecule has 0 saturated carbocycles. The number of benzene rings is 2. The highest BCUT2D eigenvalue weighted by Crippen LogP contribution is 2.30. The predicted molar refractivity (Wildman–Crippen MR) is 88.8 cm³/mol. The molecule has 1 heterocycles. The summed E-state index contributed by atoms with van der Waals surface area (Å²) in [5.41, 5.74) is -0.828. The third kappa shape index (κ3) is 4.17. The number of nitrogens with one attached hydrogen (secondary N) is 1. The second-order valence-electron chi connectivity index (χ2n) is 5.39. The average Bonchev–Trinajstić information content (AvgIpc) is 2.62. The maximum absolute atomic E-state index is 14.0. The number of non-ortho nitro benzene ring substituents is 1. The molecule has 138 valence electrons. The third-order valence-electron chi connectivity index (χ3n) is 3.56. The summed E-state index contributed by atoms with van der Waals surface area (Å²) in [6, 6.07) is 8.58. The van der Waals surface area contributed by atoms with Crippen LogP contribution in [0.25, 0.3) is 11.3 Å². The first-order chi connectivity index (χ1) is 12.7. The van der Waals surface area contributed by atoms with Crippen LogP contribution in [-0.2, 0) is 6.18 Å². The van der Waals surface area contributed by atoms with Gasteiger partial charge in [-0.25, -0.2) is 14.4 Å². The molecule has 1 aromatic heterocycles. The summed E-state index contributed by atoms with van der Waals surface area (Å²) in [7, 11) is 0. The zero-order valence-electron chi connectivity index (χ0n) is 13.4. The molecule has 0 unspecified atom stereocenters. The molecule has 0 aliphatic rings. The van der Waals surface area contributed by atoms with E-state index in [4.69, 9.17) is 0 Å². The quantitative estimate of drug-likeness (QED) is 0.395. The standard InChI is InChI=1S/C17H10F4N4O2/c18-14-6-5-12(25(26)27)9-13(14)15-7-8-22-16(24-15)23-11-3-1-10(2-4-11)17(19,20)21/h1-9H,(H,22,23,24). The van der Waals surface area contributed by atoms with Crippen molar-refractivity contribution < 1.29 is 22.5 Å². The van der Waals surface area contributed by atoms with E-state index in [0.717, 1.165) is 30.3 Å². The number of nitro benzene ring substituents is 1. The Hall–Kier alpha value is -3.56. The topological polar surface area (TPSA) is 81.0 Å². The molecule has 0 radical (unpaired) electrons. The minimum Gasteiger partial charge on any atom is -0.324 e. The lowest BCUT2D eigenvalue weighted by Crippen LogP contribution is -2.05. The van der Waals surface area contributed by atoms with Gasteiger partial charge in [0.15, 0.2) is 0 Å². The van der Waals surface area contributed by atoms with Crippen molar-refractivity contribution in [2.45, 2.75) is 6.18 Å². The Balaban J connectivity index is 1.88. The van der Waals surface area contributed by atoms with Crippen LogP contribution in [0, 0.1) is 15.9 Å². The second-order valence-corrected chi connectivity index (χ2v) is 5.39. The van der Waals surface area contributed by atoms with Crippen LogP contribution in [0.5, 0.6) is 0 Å². The van der Waals surface area contributed by atoms with Gasteiger partial charge >= 0.3 is 6.18 Å². The number of rotatable bonds is 4. The predicted octanol–water partition coefficient (Wildman–Crippen LogP) is 4.95. The van der Waals surface area contributed by atoms with Gasteiger partial charge in [-0.15, -0.1) is 0 Å². The molecule has 0 atom stereocenters. The van der Waals surface area contributed by atoms with Gasteiger partial charge in [-0.3, -0.25) is 10.1 Å². The van der Waals surface area contributed by atoms with Crippen molar-refractivity contribution in [1.82, 2.24) is 9.97 Å². The van der Waals surface area contributed by atoms with E-state index in [2.05, 4.69) is 15.3 Å². The lowest BCUT2D eigenvalue weighted by Gasteiger charge is -2.09. The van der Waals surface area contributed by atoms with Crippen LogP contribution < -0.4 is 5.32 Å². The van der Waals surface area contributed by atoms with Gasteiger partial charge < -0.3 is 5.32 Å². The number of nitrogens with zero attached hydrogens (tertiary/aromatic N) is 3. The van der Waals surface area contributed by atoms with Crippen molar-refractivity contribution in [3.63, 3.8) is 0 Å². The van der Waals surface area contributed by atoms with Crippen molar-refractivity contribution in [3.05, 3.63) is 76.2 Å². The highest BCUT2D eigenvalue weighted by atomic mass is 19.4. The molecule has 0 spiro atoms. The summed E-state index contributed by atoms with van der Waals surface area (Å²) in [6.07, 6.45) is -3.15. The van der Waals surface area contributed by atoms with Crippen LogP contribution in [0.15, 0.2) is 54.7 Å². The summed E-state index contributed by atoms with van der Waals surface area (Å²) in [5, 5.41) is 13.6. The van der Waals surface area contributed by atoms with Crippen LogP contribution in [0.3, 0.4) is 0 Å². The van der Waals surface area contributed by atoms with E-state index in [-0.39, 0.29) is 22.9 Å². The summed E-state index contributed by atoms with van der Waals surface area (Å²) < 4.78 is 51.8. The maximum atomic E-state index is 14.0. The highest BCUT2D eigenvalue weighted by Gasteiger charge is 2.29. The fourth-order valence-electron chi connectivity index (χ4n) is 2.26. The minimum atomic E-state index is -4.45. The van der Waals surface area contributed by atoms with Crippen molar-refractivity contribution in [1.29, 1.82) is 0 Å². The number of hydrogen-bond acceptors (Lipinski definition) is 5. The van der Waals surface area contributed by atoms with Crippen molar-refractivity contribution in [3.8, 4) is 11.3 Å². The molecule has 0 fully saturated rings. The number of halogens is 4. The molecule has 0 aliphatic carbocycles. The molecule has 0 bridgehead atoms. The monoisotopic (exact) mass is 378 g/mol. The summed E-state index contributed by atoms with van der Waals surface area (Å²) in [5.74, 6) is -0.710. The number of nitro groups is 1. The van der Waals surface area contributed by atoms with Gasteiger partial charge in [0.1, 0.15) is 5.82 Å². The molecule has 1 N–H and O–H groups in total. The first kappa shape index (κ1) is 18.2. The molecular formula is C17H10F4N4O2. The minimum absolute atomic E-state index is 0.00170. The fourth-order valence-corrected chi connectivity index (χ4v) is 2.26. The first-order valence-electron chi connectivity index (χ1n) is 7.46. The Morgan fingerprint density at radius 2 is 1.74 bits per heavy atom. The van der Waals surface area contributed by atoms with Crippen molar-refractivity contribution >= 4 is 17.3 Å². The van der Waals surface area contributed by atoms with Gasteiger partial charge in [0, 0.05) is 29.6 Å². The smallest absolute Gasteiger partial charge is 0.324 e. The lowest BCUT2D eigenvalue weighted by atomic mass is 10.1. The van der Waals surface area contributed by atoms with E-state index in [0.29, 0.717) is 5.69 Å². The van der Waals surface area contributed by atoms with Crippen LogP contribution in [-0.4, -0.2) is 14.9 Å². The van der Waals surface area contributed by atoms with Gasteiger partial charge in [0.2, 0.25) is 5.95 Å². The fraction of sp³-hybridized carbons (Fsp3) is 0.0588. The summed E-state index contributed by atoms with van der Waals surface area (Å²) in [4.78, 5) is 18.2. The molecule has 3 aromatic rings. The zero-order chi connectivity index (χ0) is 19.6. The van der Waals surface area contributed by atoms with Crippen molar-refractivity contribution in [2.75, 3.05) is 5.32 Å². The lowest BCUT2D eigenvalue weighted by molar-refractivity contribution is -0.384. The second kappa shape index (κ2) is 6.98. The molecule has 2 aromatic carbocycles. The van der Waals surface area contributed by atoms with E-state index in [1.165, 1.54) is 24.4 Å². The highest BCUT2D eigenvalue weighted by molar-refractivity contribution is 5.65. The first-order valence-corrected chi connectivity index (χ1v) is 7.46. The Kier molecular flexibility index (Phi) is 4.72. The van der Waals surface area contributed by atoms with E-state index in [1.54, 1.807) is 0 Å². The molecule has 6 nitrogen and oxygen atoms in total. The Labute approximate surface area is 149 Å².